The molecule has 0 unspecified atom stereocenters. The molecule has 1 fully saturated rings. The highest BCUT2D eigenvalue weighted by Gasteiger charge is 2.35. The van der Waals surface area contributed by atoms with Crippen LogP contribution in [0.3, 0.4) is 0 Å². The Morgan fingerprint density at radius 2 is 1.86 bits per heavy atom. The van der Waals surface area contributed by atoms with E-state index in [0.29, 0.717) is 0 Å². The van der Waals surface area contributed by atoms with E-state index < -0.39 is 0 Å². The van der Waals surface area contributed by atoms with Gasteiger partial charge in [-0.15, -0.1) is 11.8 Å². The fraction of sp³-hybridized carbons (Fsp3) is 0.647. The number of nitrogens with one attached hydrogen (secondary N) is 1. The number of hydrogen-bond donors (Lipinski definition) is 2. The van der Waals surface area contributed by atoms with Crippen LogP contribution in [0.25, 0.3) is 0 Å². The Kier molecular flexibility index (Phi) is 6.11. The molecule has 1 aromatic carbocycles. The van der Waals surface area contributed by atoms with E-state index in [1.54, 1.807) is 0 Å². The lowest BCUT2D eigenvalue weighted by molar-refractivity contribution is 0.0305. The van der Waals surface area contributed by atoms with Crippen LogP contribution in [0.5, 0.6) is 0 Å². The van der Waals surface area contributed by atoms with Gasteiger partial charge in [-0.3, -0.25) is 4.90 Å². The van der Waals surface area contributed by atoms with E-state index in [2.05, 4.69) is 55.3 Å². The molecule has 1 atom stereocenters. The topological polar surface area (TPSA) is 35.5 Å². The first-order valence-corrected chi connectivity index (χ1v) is 8.85. The molecule has 3 nitrogen and oxygen atoms in total. The zero-order valence-electron chi connectivity index (χ0n) is 13.4. The molecule has 118 valence electrons. The van der Waals surface area contributed by atoms with Gasteiger partial charge >= 0.3 is 0 Å². The van der Waals surface area contributed by atoms with Crippen molar-refractivity contribution in [3.8, 4) is 0 Å². The van der Waals surface area contributed by atoms with E-state index in [1.165, 1.54) is 10.5 Å². The van der Waals surface area contributed by atoms with Crippen LogP contribution in [0.15, 0.2) is 29.2 Å². The zero-order valence-corrected chi connectivity index (χ0v) is 14.2. The first kappa shape index (κ1) is 16.8. The average molecular weight is 308 g/mol. The zero-order chi connectivity index (χ0) is 15.3. The molecule has 1 aliphatic rings. The monoisotopic (exact) mass is 308 g/mol. The van der Waals surface area contributed by atoms with E-state index in [4.69, 9.17) is 0 Å². The number of benzene rings is 1. The van der Waals surface area contributed by atoms with Crippen LogP contribution in [0.4, 0.5) is 0 Å². The smallest absolute Gasteiger partial charge is 0.0500 e. The van der Waals surface area contributed by atoms with Gasteiger partial charge in [0.2, 0.25) is 0 Å². The molecule has 0 amide bonds. The molecule has 4 heteroatoms. The highest BCUT2D eigenvalue weighted by molar-refractivity contribution is 7.99. The van der Waals surface area contributed by atoms with E-state index in [0.717, 1.165) is 31.9 Å². The molecule has 2 N–H and O–H groups in total. The number of nitrogens with zero attached hydrogens (tertiary/aromatic N) is 1. The molecule has 1 saturated heterocycles. The standard InChI is InChI=1S/C17H28N2OS/c1-4-21-15-7-5-14(6-8-15)16(17(2,3)13-20)19-11-9-18-10-12-19/h5-8,16,18,20H,4,9-13H2,1-3H3/t16-/m0/s1. The van der Waals surface area contributed by atoms with E-state index >= 15 is 0 Å². The molecule has 2 rings (SSSR count). The molecule has 0 radical (unpaired) electrons. The second-order valence-corrected chi connectivity index (χ2v) is 7.67. The van der Waals surface area contributed by atoms with Gasteiger partial charge < -0.3 is 10.4 Å². The van der Waals surface area contributed by atoms with Crippen molar-refractivity contribution in [2.24, 2.45) is 5.41 Å². The maximum atomic E-state index is 9.85. The Morgan fingerprint density at radius 1 is 1.24 bits per heavy atom. The second kappa shape index (κ2) is 7.63. The predicted molar refractivity (Wildman–Crippen MR) is 90.9 cm³/mol. The SMILES string of the molecule is CCSc1ccc([C@H](N2CCNCC2)C(C)(C)CO)cc1. The van der Waals surface area contributed by atoms with Gasteiger partial charge in [0.15, 0.2) is 0 Å². The fourth-order valence-corrected chi connectivity index (χ4v) is 3.76. The average Bonchev–Trinajstić information content (AvgIpc) is 2.50. The number of aliphatic hydroxyl groups is 1. The third-order valence-corrected chi connectivity index (χ3v) is 5.07. The summed E-state index contributed by atoms with van der Waals surface area (Å²) in [5.41, 5.74) is 1.17. The third kappa shape index (κ3) is 4.22. The van der Waals surface area contributed by atoms with Gasteiger partial charge in [0.1, 0.15) is 0 Å². The summed E-state index contributed by atoms with van der Waals surface area (Å²) in [5, 5.41) is 13.3. The van der Waals surface area contributed by atoms with Gasteiger partial charge in [-0.25, -0.2) is 0 Å². The minimum Gasteiger partial charge on any atom is -0.396 e. The van der Waals surface area contributed by atoms with Crippen molar-refractivity contribution in [2.75, 3.05) is 38.5 Å². The van der Waals surface area contributed by atoms with E-state index in [-0.39, 0.29) is 18.1 Å². The molecule has 0 aliphatic carbocycles. The summed E-state index contributed by atoms with van der Waals surface area (Å²) < 4.78 is 0. The summed E-state index contributed by atoms with van der Waals surface area (Å²) >= 11 is 1.87. The first-order chi connectivity index (χ1) is 10.1. The lowest BCUT2D eigenvalue weighted by Crippen LogP contribution is -2.49. The van der Waals surface area contributed by atoms with Gasteiger partial charge in [0.25, 0.3) is 0 Å². The van der Waals surface area contributed by atoms with Gasteiger partial charge in [0, 0.05) is 49.1 Å². The summed E-state index contributed by atoms with van der Waals surface area (Å²) in [4.78, 5) is 3.83. The Balaban J connectivity index is 2.25. The number of hydrogen-bond acceptors (Lipinski definition) is 4. The lowest BCUT2D eigenvalue weighted by atomic mass is 9.80. The Labute approximate surface area is 133 Å². The van der Waals surface area contributed by atoms with Crippen molar-refractivity contribution >= 4 is 11.8 Å². The molecular weight excluding hydrogens is 280 g/mol. The van der Waals surface area contributed by atoms with Gasteiger partial charge in [-0.05, 0) is 23.4 Å². The molecule has 21 heavy (non-hydrogen) atoms. The lowest BCUT2D eigenvalue weighted by Gasteiger charge is -2.43. The highest BCUT2D eigenvalue weighted by atomic mass is 32.2. The van der Waals surface area contributed by atoms with E-state index in [9.17, 15) is 5.11 Å². The Bertz CT molecular complexity index is 427. The van der Waals surface area contributed by atoms with Crippen molar-refractivity contribution in [1.82, 2.24) is 10.2 Å². The largest absolute Gasteiger partial charge is 0.396 e. The number of thioether (sulfide) groups is 1. The summed E-state index contributed by atoms with van der Waals surface area (Å²) in [6, 6.07) is 9.17. The van der Waals surface area contributed by atoms with Crippen LogP contribution in [0.2, 0.25) is 0 Å². The van der Waals surface area contributed by atoms with Crippen molar-refractivity contribution in [1.29, 1.82) is 0 Å². The summed E-state index contributed by atoms with van der Waals surface area (Å²) in [5.74, 6) is 1.10. The molecule has 0 spiro atoms. The quantitative estimate of drug-likeness (QED) is 0.792. The molecular formula is C17H28N2OS. The maximum absolute atomic E-state index is 9.85. The van der Waals surface area contributed by atoms with Crippen LogP contribution in [0.1, 0.15) is 32.4 Å². The number of rotatable bonds is 6. The number of piperazine rings is 1. The summed E-state index contributed by atoms with van der Waals surface area (Å²) in [7, 11) is 0. The van der Waals surface area contributed by atoms with Crippen molar-refractivity contribution < 1.29 is 5.11 Å². The molecule has 1 heterocycles. The predicted octanol–water partition coefficient (Wildman–Crippen LogP) is 2.76. The number of aliphatic hydroxyl groups excluding tert-OH is 1. The third-order valence-electron chi connectivity index (χ3n) is 4.17. The minimum absolute atomic E-state index is 0.142. The van der Waals surface area contributed by atoms with Crippen LogP contribution in [0, 0.1) is 5.41 Å². The molecule has 0 aromatic heterocycles. The summed E-state index contributed by atoms with van der Waals surface area (Å²) in [6.45, 7) is 10.8. The van der Waals surface area contributed by atoms with Crippen LogP contribution in [-0.2, 0) is 0 Å². The molecule has 0 bridgehead atoms. The first-order valence-electron chi connectivity index (χ1n) is 7.87. The van der Waals surface area contributed by atoms with E-state index in [1.807, 2.05) is 11.8 Å². The molecule has 0 saturated carbocycles. The van der Waals surface area contributed by atoms with Crippen LogP contribution < -0.4 is 5.32 Å². The van der Waals surface area contributed by atoms with Gasteiger partial charge in [-0.1, -0.05) is 32.9 Å². The fourth-order valence-electron chi connectivity index (χ4n) is 3.10. The summed E-state index contributed by atoms with van der Waals surface area (Å²) in [6.07, 6.45) is 0. The minimum atomic E-state index is -0.142. The van der Waals surface area contributed by atoms with Crippen molar-refractivity contribution in [3.05, 3.63) is 29.8 Å². The van der Waals surface area contributed by atoms with Crippen LogP contribution in [-0.4, -0.2) is 48.5 Å². The molecule has 1 aliphatic heterocycles. The van der Waals surface area contributed by atoms with Crippen molar-refractivity contribution in [3.63, 3.8) is 0 Å². The Morgan fingerprint density at radius 3 is 2.38 bits per heavy atom. The van der Waals surface area contributed by atoms with Crippen LogP contribution >= 0.6 is 11.8 Å². The van der Waals surface area contributed by atoms with Gasteiger partial charge in [0.05, 0.1) is 0 Å². The molecule has 1 aromatic rings. The van der Waals surface area contributed by atoms with Gasteiger partial charge in [-0.2, -0.15) is 0 Å². The van der Waals surface area contributed by atoms with Crippen molar-refractivity contribution in [2.45, 2.75) is 31.7 Å². The second-order valence-electron chi connectivity index (χ2n) is 6.34. The maximum Gasteiger partial charge on any atom is 0.0500 e. The Hall–Kier alpha value is -0.550. The normalized spacial score (nSPS) is 18.7. The highest BCUT2D eigenvalue weighted by Crippen LogP contribution is 2.38.